The number of carbonyl (C=O) groups excluding carboxylic acids is 1. The van der Waals surface area contributed by atoms with Crippen molar-refractivity contribution in [1.29, 1.82) is 0 Å². The van der Waals surface area contributed by atoms with Gasteiger partial charge in [0.25, 0.3) is 11.1 Å². The number of benzene rings is 1. The van der Waals surface area contributed by atoms with Gasteiger partial charge in [0, 0.05) is 62.1 Å². The molecule has 0 saturated carbocycles. The summed E-state index contributed by atoms with van der Waals surface area (Å²) in [6, 6.07) is 13.5. The second-order valence-corrected chi connectivity index (χ2v) is 11.4. The molecule has 0 spiro atoms. The fourth-order valence-electron chi connectivity index (χ4n) is 6.65. The fourth-order valence-corrected chi connectivity index (χ4v) is 6.65. The Morgan fingerprint density at radius 2 is 1.88 bits per heavy atom. The highest BCUT2D eigenvalue weighted by Crippen LogP contribution is 2.37. The number of aromatic nitrogens is 2. The molecule has 4 aromatic rings. The molecule has 0 unspecified atom stereocenters. The van der Waals surface area contributed by atoms with Crippen molar-refractivity contribution in [1.82, 2.24) is 14.0 Å². The van der Waals surface area contributed by atoms with Crippen molar-refractivity contribution >= 4 is 16.9 Å². The lowest BCUT2D eigenvalue weighted by molar-refractivity contribution is -0.140. The van der Waals surface area contributed by atoms with Crippen molar-refractivity contribution in [3.05, 3.63) is 102 Å². The minimum Gasteiger partial charge on any atom is -0.502 e. The number of hydrogen-bond acceptors (Lipinski definition) is 9. The molecule has 2 aliphatic rings. The molecule has 3 atom stereocenters. The minimum atomic E-state index is -1.08. The summed E-state index contributed by atoms with van der Waals surface area (Å²) < 4.78 is 19.7. The van der Waals surface area contributed by atoms with E-state index in [1.54, 1.807) is 43.4 Å². The lowest BCUT2D eigenvalue weighted by Gasteiger charge is -2.42. The highest BCUT2D eigenvalue weighted by atomic mass is 16.5. The Morgan fingerprint density at radius 1 is 1.07 bits per heavy atom. The number of rotatable bonds is 7. The summed E-state index contributed by atoms with van der Waals surface area (Å²) in [5, 5.41) is 11.6. The number of aromatic hydroxyl groups is 1. The molecule has 0 amide bonds. The number of piperidine rings is 1. The zero-order chi connectivity index (χ0) is 30.4. The van der Waals surface area contributed by atoms with E-state index in [2.05, 4.69) is 4.90 Å². The summed E-state index contributed by atoms with van der Waals surface area (Å²) in [5.74, 6) is -1.21. The van der Waals surface area contributed by atoms with Crippen molar-refractivity contribution in [3.63, 3.8) is 0 Å². The van der Waals surface area contributed by atoms with Crippen LogP contribution in [0.2, 0.25) is 0 Å². The van der Waals surface area contributed by atoms with Crippen LogP contribution in [0, 0.1) is 5.92 Å². The molecule has 11 nitrogen and oxygen atoms in total. The lowest BCUT2D eigenvalue weighted by Crippen LogP contribution is -2.46. The normalized spacial score (nSPS) is 18.7. The van der Waals surface area contributed by atoms with Gasteiger partial charge in [0.05, 0.1) is 38.6 Å². The molecule has 43 heavy (non-hydrogen) atoms. The smallest absolute Gasteiger partial charge is 0.306 e. The maximum Gasteiger partial charge on any atom is 0.306 e. The Bertz CT molecular complexity index is 1910. The summed E-state index contributed by atoms with van der Waals surface area (Å²) in [6.45, 7) is 2.29. The van der Waals surface area contributed by atoms with Crippen LogP contribution in [0.5, 0.6) is 11.5 Å². The zero-order valence-electron chi connectivity index (χ0n) is 24.2. The van der Waals surface area contributed by atoms with Crippen molar-refractivity contribution in [3.8, 4) is 11.5 Å². The predicted octanol–water partition coefficient (Wildman–Crippen LogP) is 2.68. The van der Waals surface area contributed by atoms with E-state index in [4.69, 9.17) is 13.9 Å². The Balaban J connectivity index is 1.38. The number of methoxy groups -OCH3 is 2. The van der Waals surface area contributed by atoms with Gasteiger partial charge in [-0.25, -0.2) is 0 Å². The Labute approximate surface area is 246 Å². The molecule has 6 rings (SSSR count). The molecule has 1 saturated heterocycles. The number of ether oxygens (including phenoxy) is 2. The molecule has 2 bridgehead atoms. The summed E-state index contributed by atoms with van der Waals surface area (Å²) >= 11 is 0. The van der Waals surface area contributed by atoms with Crippen LogP contribution in [0.25, 0.3) is 10.9 Å². The predicted molar refractivity (Wildman–Crippen MR) is 158 cm³/mol. The SMILES string of the molecule is COC(=O)C[C@H](c1oc(CN2C[C@H]3C[C@@H](C2)c2cccc(=O)n2C3)cc(=O)c1O)c1cc2ccc(OC)cc2n(C)c1=O. The molecule has 2 aliphatic heterocycles. The van der Waals surface area contributed by atoms with Crippen LogP contribution in [0.3, 0.4) is 0 Å². The first kappa shape index (κ1) is 28.5. The molecular weight excluding hydrogens is 554 g/mol. The lowest BCUT2D eigenvalue weighted by atomic mass is 9.83. The molecule has 0 radical (unpaired) electrons. The molecule has 1 aromatic carbocycles. The molecule has 5 heterocycles. The van der Waals surface area contributed by atoms with Crippen molar-refractivity contribution in [2.24, 2.45) is 13.0 Å². The van der Waals surface area contributed by atoms with E-state index in [0.29, 0.717) is 42.0 Å². The fraction of sp³-hybridized carbons (Fsp3) is 0.375. The summed E-state index contributed by atoms with van der Waals surface area (Å²) in [7, 11) is 4.37. The molecule has 11 heteroatoms. The van der Waals surface area contributed by atoms with Crippen LogP contribution in [0.1, 0.15) is 47.5 Å². The van der Waals surface area contributed by atoms with Gasteiger partial charge in [0.15, 0.2) is 5.76 Å². The first-order valence-corrected chi connectivity index (χ1v) is 14.2. The zero-order valence-corrected chi connectivity index (χ0v) is 24.2. The molecule has 0 aliphatic carbocycles. The molecule has 1 N–H and O–H groups in total. The van der Waals surface area contributed by atoms with E-state index < -0.39 is 28.6 Å². The quantitative estimate of drug-likeness (QED) is 0.324. The average Bonchev–Trinajstić information content (AvgIpc) is 3.00. The monoisotopic (exact) mass is 587 g/mol. The van der Waals surface area contributed by atoms with E-state index in [0.717, 1.165) is 12.1 Å². The van der Waals surface area contributed by atoms with Gasteiger partial charge in [0.2, 0.25) is 11.2 Å². The topological polar surface area (TPSA) is 133 Å². The van der Waals surface area contributed by atoms with Crippen LogP contribution in [-0.4, -0.2) is 52.4 Å². The Morgan fingerprint density at radius 3 is 2.65 bits per heavy atom. The van der Waals surface area contributed by atoms with Gasteiger partial charge in [0.1, 0.15) is 11.5 Å². The van der Waals surface area contributed by atoms with E-state index >= 15 is 0 Å². The number of carbonyl (C=O) groups is 1. The van der Waals surface area contributed by atoms with Crippen LogP contribution < -0.4 is 21.3 Å². The first-order valence-electron chi connectivity index (χ1n) is 14.2. The van der Waals surface area contributed by atoms with Gasteiger partial charge in [-0.05, 0) is 42.0 Å². The third kappa shape index (κ3) is 5.25. The maximum absolute atomic E-state index is 13.6. The van der Waals surface area contributed by atoms with Crippen LogP contribution in [0.4, 0.5) is 0 Å². The highest BCUT2D eigenvalue weighted by Gasteiger charge is 2.35. The van der Waals surface area contributed by atoms with Crippen LogP contribution in [-0.2, 0) is 29.7 Å². The molecule has 1 fully saturated rings. The number of fused-ring (bicyclic) bond motifs is 5. The van der Waals surface area contributed by atoms with Gasteiger partial charge in [-0.1, -0.05) is 6.07 Å². The van der Waals surface area contributed by atoms with Crippen molar-refractivity contribution < 1.29 is 23.8 Å². The first-order chi connectivity index (χ1) is 20.7. The van der Waals surface area contributed by atoms with Crippen molar-refractivity contribution in [2.45, 2.75) is 37.8 Å². The Hall–Kier alpha value is -4.64. The van der Waals surface area contributed by atoms with Crippen molar-refractivity contribution in [2.75, 3.05) is 27.3 Å². The number of hydrogen-bond donors (Lipinski definition) is 1. The number of esters is 1. The van der Waals surface area contributed by atoms with E-state index in [-0.39, 0.29) is 41.7 Å². The van der Waals surface area contributed by atoms with E-state index in [1.807, 2.05) is 10.6 Å². The van der Waals surface area contributed by atoms with Gasteiger partial charge >= 0.3 is 5.97 Å². The maximum atomic E-state index is 13.6. The second kappa shape index (κ2) is 11.2. The molecular formula is C32H33N3O8. The average molecular weight is 588 g/mol. The third-order valence-corrected chi connectivity index (χ3v) is 8.69. The van der Waals surface area contributed by atoms with Gasteiger partial charge in [-0.3, -0.25) is 24.1 Å². The summed E-state index contributed by atoms with van der Waals surface area (Å²) in [4.78, 5) is 53.8. The summed E-state index contributed by atoms with van der Waals surface area (Å²) in [6.07, 6.45) is 0.649. The summed E-state index contributed by atoms with van der Waals surface area (Å²) in [5.41, 5.74) is 0.719. The van der Waals surface area contributed by atoms with Gasteiger partial charge < -0.3 is 28.1 Å². The van der Waals surface area contributed by atoms with E-state index in [1.165, 1.54) is 24.9 Å². The Kier molecular flexibility index (Phi) is 7.43. The highest BCUT2D eigenvalue weighted by molar-refractivity contribution is 5.82. The van der Waals surface area contributed by atoms with E-state index in [9.17, 15) is 24.3 Å². The van der Waals surface area contributed by atoms with Crippen LogP contribution in [0.15, 0.2) is 67.3 Å². The van der Waals surface area contributed by atoms with Gasteiger partial charge in [-0.15, -0.1) is 0 Å². The third-order valence-electron chi connectivity index (χ3n) is 8.69. The van der Waals surface area contributed by atoms with Gasteiger partial charge in [-0.2, -0.15) is 0 Å². The second-order valence-electron chi connectivity index (χ2n) is 11.4. The standard InChI is InChI=1S/C32H33N3O8/c1-33-26-11-21(41-2)8-7-19(26)10-24(32(33)40)23(13-29(38)42-3)31-30(39)27(36)12-22(43-31)17-34-14-18-9-20(16-34)25-5-4-6-28(37)35(25)15-18/h4-8,10-12,18,20,23,39H,9,13-17H2,1-3H3/t18-,20+,23+/m1/s1. The molecule has 224 valence electrons. The minimum absolute atomic E-state index is 0.00504. The molecule has 3 aromatic heterocycles. The van der Waals surface area contributed by atoms with Crippen LogP contribution >= 0.6 is 0 Å². The largest absolute Gasteiger partial charge is 0.502 e. The number of likely N-dealkylation sites (tertiary alicyclic amines) is 1. The number of nitrogens with zero attached hydrogens (tertiary/aromatic N) is 3. The number of aryl methyl sites for hydroxylation is 1. The number of pyridine rings is 2.